The van der Waals surface area contributed by atoms with Crippen molar-refractivity contribution in [2.75, 3.05) is 11.4 Å². The lowest BCUT2D eigenvalue weighted by atomic mass is 10.1. The first-order valence-electron chi connectivity index (χ1n) is 6.21. The van der Waals surface area contributed by atoms with Crippen molar-refractivity contribution in [1.82, 2.24) is 5.32 Å². The van der Waals surface area contributed by atoms with E-state index in [9.17, 15) is 9.59 Å². The Morgan fingerprint density at radius 1 is 1.33 bits per heavy atom. The zero-order chi connectivity index (χ0) is 13.3. The number of carbonyl (C=O) groups is 2. The van der Waals surface area contributed by atoms with E-state index in [-0.39, 0.29) is 17.9 Å². The van der Waals surface area contributed by atoms with Gasteiger partial charge in [-0.05, 0) is 51.0 Å². The number of Topliss-reactive ketones (excluding diaryl/α,β-unsaturated/α-hetero) is 1. The molecule has 2 amide bonds. The third kappa shape index (κ3) is 2.37. The van der Waals surface area contributed by atoms with E-state index in [2.05, 4.69) is 5.32 Å². The number of fused-ring (bicyclic) bond motifs is 1. The van der Waals surface area contributed by atoms with Crippen LogP contribution >= 0.6 is 0 Å². The van der Waals surface area contributed by atoms with E-state index in [1.807, 2.05) is 26.0 Å². The molecule has 0 atom stereocenters. The van der Waals surface area contributed by atoms with Crippen molar-refractivity contribution in [1.29, 1.82) is 0 Å². The summed E-state index contributed by atoms with van der Waals surface area (Å²) >= 11 is 0. The van der Waals surface area contributed by atoms with Gasteiger partial charge in [-0.25, -0.2) is 4.79 Å². The number of carbonyl (C=O) groups excluding carboxylic acids is 2. The molecule has 96 valence electrons. The van der Waals surface area contributed by atoms with Crippen LogP contribution in [0.25, 0.3) is 0 Å². The van der Waals surface area contributed by atoms with Gasteiger partial charge in [0.1, 0.15) is 0 Å². The molecule has 1 N–H and O–H groups in total. The van der Waals surface area contributed by atoms with Crippen molar-refractivity contribution in [2.24, 2.45) is 0 Å². The first-order valence-corrected chi connectivity index (χ1v) is 6.21. The van der Waals surface area contributed by atoms with Crippen molar-refractivity contribution in [3.8, 4) is 0 Å². The molecule has 0 unspecified atom stereocenters. The van der Waals surface area contributed by atoms with E-state index in [4.69, 9.17) is 0 Å². The summed E-state index contributed by atoms with van der Waals surface area (Å²) in [4.78, 5) is 25.0. The molecule has 0 fully saturated rings. The predicted molar refractivity (Wildman–Crippen MR) is 71.2 cm³/mol. The van der Waals surface area contributed by atoms with E-state index < -0.39 is 0 Å². The predicted octanol–water partition coefficient (Wildman–Crippen LogP) is 2.37. The molecule has 0 saturated heterocycles. The van der Waals surface area contributed by atoms with Gasteiger partial charge in [-0.2, -0.15) is 0 Å². The normalized spacial score (nSPS) is 13.7. The summed E-state index contributed by atoms with van der Waals surface area (Å²) < 4.78 is 0. The van der Waals surface area contributed by atoms with E-state index in [0.29, 0.717) is 12.1 Å². The second-order valence-corrected chi connectivity index (χ2v) is 4.91. The van der Waals surface area contributed by atoms with Gasteiger partial charge in [0.15, 0.2) is 5.78 Å². The second-order valence-electron chi connectivity index (χ2n) is 4.91. The van der Waals surface area contributed by atoms with Crippen molar-refractivity contribution in [2.45, 2.75) is 33.2 Å². The Balaban J connectivity index is 2.24. The fourth-order valence-electron chi connectivity index (χ4n) is 2.16. The molecule has 1 heterocycles. The zero-order valence-electron chi connectivity index (χ0n) is 11.0. The molecule has 0 aliphatic carbocycles. The SMILES string of the molecule is CC(=O)c1ccc2c(c1)CCN2C(=O)NC(C)C. The Bertz CT molecular complexity index is 495. The summed E-state index contributed by atoms with van der Waals surface area (Å²) in [6.07, 6.45) is 0.808. The minimum Gasteiger partial charge on any atom is -0.336 e. The number of amides is 2. The summed E-state index contributed by atoms with van der Waals surface area (Å²) in [5.41, 5.74) is 2.69. The maximum atomic E-state index is 12.0. The first kappa shape index (κ1) is 12.6. The Labute approximate surface area is 107 Å². The van der Waals surface area contributed by atoms with Crippen LogP contribution in [0.4, 0.5) is 10.5 Å². The Morgan fingerprint density at radius 2 is 2.06 bits per heavy atom. The number of benzene rings is 1. The standard InChI is InChI=1S/C14H18N2O2/c1-9(2)15-14(18)16-7-6-12-8-11(10(3)17)4-5-13(12)16/h4-5,8-9H,6-7H2,1-3H3,(H,15,18). The van der Waals surface area contributed by atoms with Crippen molar-refractivity contribution in [3.63, 3.8) is 0 Å². The summed E-state index contributed by atoms with van der Waals surface area (Å²) in [6.45, 7) is 6.11. The molecular formula is C14H18N2O2. The van der Waals surface area contributed by atoms with E-state index in [0.717, 1.165) is 17.7 Å². The van der Waals surface area contributed by atoms with Gasteiger partial charge in [-0.1, -0.05) is 0 Å². The first-order chi connectivity index (χ1) is 8.49. The number of anilines is 1. The summed E-state index contributed by atoms with van der Waals surface area (Å²) in [5.74, 6) is 0.0582. The van der Waals surface area contributed by atoms with Crippen molar-refractivity contribution >= 4 is 17.5 Å². The van der Waals surface area contributed by atoms with Gasteiger partial charge in [-0.3, -0.25) is 9.69 Å². The van der Waals surface area contributed by atoms with Crippen LogP contribution in [0.5, 0.6) is 0 Å². The molecule has 0 saturated carbocycles. The van der Waals surface area contributed by atoms with Gasteiger partial charge in [0.05, 0.1) is 0 Å². The van der Waals surface area contributed by atoms with E-state index in [1.165, 1.54) is 0 Å². The number of nitrogens with one attached hydrogen (secondary N) is 1. The minimum atomic E-state index is -0.0701. The lowest BCUT2D eigenvalue weighted by Crippen LogP contribution is -2.42. The van der Waals surface area contributed by atoms with Gasteiger partial charge in [0.2, 0.25) is 0 Å². The molecule has 0 aromatic heterocycles. The highest BCUT2D eigenvalue weighted by Crippen LogP contribution is 2.29. The van der Waals surface area contributed by atoms with Crippen molar-refractivity contribution < 1.29 is 9.59 Å². The highest BCUT2D eigenvalue weighted by atomic mass is 16.2. The number of nitrogens with zero attached hydrogens (tertiary/aromatic N) is 1. The average molecular weight is 246 g/mol. The van der Waals surface area contributed by atoms with E-state index >= 15 is 0 Å². The van der Waals surface area contributed by atoms with Gasteiger partial charge >= 0.3 is 6.03 Å². The molecule has 4 nitrogen and oxygen atoms in total. The Morgan fingerprint density at radius 3 is 2.67 bits per heavy atom. The molecule has 1 aromatic carbocycles. The maximum absolute atomic E-state index is 12.0. The van der Waals surface area contributed by atoms with Crippen molar-refractivity contribution in [3.05, 3.63) is 29.3 Å². The number of ketones is 1. The van der Waals surface area contributed by atoms with Gasteiger partial charge in [0.25, 0.3) is 0 Å². The minimum absolute atomic E-state index is 0.0582. The molecule has 18 heavy (non-hydrogen) atoms. The molecule has 0 radical (unpaired) electrons. The van der Waals surface area contributed by atoms with Crippen LogP contribution in [0.3, 0.4) is 0 Å². The van der Waals surface area contributed by atoms with Gasteiger partial charge in [0, 0.05) is 23.8 Å². The largest absolute Gasteiger partial charge is 0.336 e. The highest BCUT2D eigenvalue weighted by molar-refractivity contribution is 5.98. The summed E-state index contributed by atoms with van der Waals surface area (Å²) in [5, 5.41) is 2.88. The number of hydrogen-bond acceptors (Lipinski definition) is 2. The van der Waals surface area contributed by atoms with Crippen LogP contribution in [0.2, 0.25) is 0 Å². The lowest BCUT2D eigenvalue weighted by molar-refractivity contribution is 0.101. The molecular weight excluding hydrogens is 228 g/mol. The maximum Gasteiger partial charge on any atom is 0.322 e. The van der Waals surface area contributed by atoms with Crippen LogP contribution in [0.15, 0.2) is 18.2 Å². The van der Waals surface area contributed by atoms with Crippen LogP contribution < -0.4 is 10.2 Å². The number of hydrogen-bond donors (Lipinski definition) is 1. The second kappa shape index (κ2) is 4.80. The topological polar surface area (TPSA) is 49.4 Å². The van der Waals surface area contributed by atoms with E-state index in [1.54, 1.807) is 17.9 Å². The molecule has 1 aromatic rings. The smallest absolute Gasteiger partial charge is 0.322 e. The third-order valence-corrected chi connectivity index (χ3v) is 3.04. The summed E-state index contributed by atoms with van der Waals surface area (Å²) in [6, 6.07) is 5.58. The quantitative estimate of drug-likeness (QED) is 0.814. The zero-order valence-corrected chi connectivity index (χ0v) is 11.0. The Hall–Kier alpha value is -1.84. The fraction of sp³-hybridized carbons (Fsp3) is 0.429. The Kier molecular flexibility index (Phi) is 3.36. The number of urea groups is 1. The van der Waals surface area contributed by atoms with Gasteiger partial charge < -0.3 is 5.32 Å². The molecule has 0 spiro atoms. The third-order valence-electron chi connectivity index (χ3n) is 3.04. The molecule has 0 bridgehead atoms. The fourth-order valence-corrected chi connectivity index (χ4v) is 2.16. The van der Waals surface area contributed by atoms with Gasteiger partial charge in [-0.15, -0.1) is 0 Å². The molecule has 4 heteroatoms. The molecule has 2 rings (SSSR count). The van der Waals surface area contributed by atoms with Crippen LogP contribution in [0, 0.1) is 0 Å². The lowest BCUT2D eigenvalue weighted by Gasteiger charge is -2.19. The average Bonchev–Trinajstić information content (AvgIpc) is 2.70. The molecule has 1 aliphatic rings. The molecule has 1 aliphatic heterocycles. The van der Waals surface area contributed by atoms with Crippen LogP contribution in [-0.4, -0.2) is 24.4 Å². The monoisotopic (exact) mass is 246 g/mol. The number of rotatable bonds is 2. The van der Waals surface area contributed by atoms with Crippen LogP contribution in [-0.2, 0) is 6.42 Å². The highest BCUT2D eigenvalue weighted by Gasteiger charge is 2.25. The summed E-state index contributed by atoms with van der Waals surface area (Å²) in [7, 11) is 0. The van der Waals surface area contributed by atoms with Crippen LogP contribution in [0.1, 0.15) is 36.7 Å².